The van der Waals surface area contributed by atoms with Crippen molar-refractivity contribution in [3.05, 3.63) is 0 Å². The van der Waals surface area contributed by atoms with Crippen molar-refractivity contribution in [3.8, 4) is 0 Å². The molecular formula is C5H11BrN2. The van der Waals surface area contributed by atoms with Gasteiger partial charge in [-0.2, -0.15) is 0 Å². The summed E-state index contributed by atoms with van der Waals surface area (Å²) in [7, 11) is 0. The van der Waals surface area contributed by atoms with Gasteiger partial charge in [-0.3, -0.25) is 0 Å². The van der Waals surface area contributed by atoms with Crippen molar-refractivity contribution < 1.29 is 0 Å². The Balaban J connectivity index is 2.28. The van der Waals surface area contributed by atoms with Crippen molar-refractivity contribution >= 4 is 15.9 Å². The molecule has 2 atom stereocenters. The minimum Gasteiger partial charge on any atom is -0.315 e. The van der Waals surface area contributed by atoms with Gasteiger partial charge in [0, 0.05) is 4.83 Å². The van der Waals surface area contributed by atoms with Gasteiger partial charge in [0.25, 0.3) is 0 Å². The van der Waals surface area contributed by atoms with Crippen molar-refractivity contribution in [1.82, 2.24) is 5.32 Å². The molecule has 1 fully saturated rings. The lowest BCUT2D eigenvalue weighted by molar-refractivity contribution is 0.427. The maximum Gasteiger partial charge on any atom is 0.0675 e. The molecule has 0 aliphatic carbocycles. The molecule has 2 unspecified atom stereocenters. The van der Waals surface area contributed by atoms with Gasteiger partial charge in [0.15, 0.2) is 0 Å². The van der Waals surface area contributed by atoms with Crippen LogP contribution in [0.2, 0.25) is 0 Å². The summed E-state index contributed by atoms with van der Waals surface area (Å²) < 4.78 is 0. The van der Waals surface area contributed by atoms with E-state index >= 15 is 0 Å². The van der Waals surface area contributed by atoms with E-state index in [1.165, 1.54) is 12.8 Å². The number of nitrogens with two attached hydrogens (primary N) is 1. The summed E-state index contributed by atoms with van der Waals surface area (Å²) in [5.74, 6) is 0. The van der Waals surface area contributed by atoms with E-state index in [1.54, 1.807) is 0 Å². The minimum atomic E-state index is 0.170. The zero-order valence-corrected chi connectivity index (χ0v) is 6.32. The first-order chi connectivity index (χ1) is 3.80. The Morgan fingerprint density at radius 2 is 2.38 bits per heavy atom. The van der Waals surface area contributed by atoms with Crippen LogP contribution in [0.15, 0.2) is 0 Å². The van der Waals surface area contributed by atoms with Crippen LogP contribution < -0.4 is 11.1 Å². The average molecular weight is 179 g/mol. The lowest BCUT2D eigenvalue weighted by Crippen LogP contribution is -2.48. The molecule has 48 valence electrons. The van der Waals surface area contributed by atoms with E-state index in [9.17, 15) is 0 Å². The molecule has 0 aromatic carbocycles. The Morgan fingerprint density at radius 3 is 2.75 bits per heavy atom. The lowest BCUT2D eigenvalue weighted by atomic mass is 10.1. The Morgan fingerprint density at radius 1 is 1.62 bits per heavy atom. The summed E-state index contributed by atoms with van der Waals surface area (Å²) in [6.07, 6.45) is 2.61. The molecule has 0 bridgehead atoms. The van der Waals surface area contributed by atoms with Gasteiger partial charge in [-0.1, -0.05) is 15.9 Å². The third-order valence-electron chi connectivity index (χ3n) is 1.43. The van der Waals surface area contributed by atoms with E-state index in [-0.39, 0.29) is 6.17 Å². The van der Waals surface area contributed by atoms with Crippen LogP contribution in [0.1, 0.15) is 12.8 Å². The van der Waals surface area contributed by atoms with Crippen LogP contribution in [0.3, 0.4) is 0 Å². The second kappa shape index (κ2) is 2.80. The van der Waals surface area contributed by atoms with Gasteiger partial charge in [-0.15, -0.1) is 0 Å². The zero-order chi connectivity index (χ0) is 5.98. The fraction of sp³-hybridized carbons (Fsp3) is 1.00. The maximum atomic E-state index is 5.62. The standard InChI is InChI=1S/C5H11BrN2/c6-4-2-1-3-8-5(4)7/h4-5,8H,1-3,7H2. The van der Waals surface area contributed by atoms with Crippen LogP contribution >= 0.6 is 15.9 Å². The second-order valence-electron chi connectivity index (χ2n) is 2.14. The van der Waals surface area contributed by atoms with Crippen molar-refractivity contribution in [1.29, 1.82) is 0 Å². The molecule has 0 spiro atoms. The predicted molar refractivity (Wildman–Crippen MR) is 37.9 cm³/mol. The minimum absolute atomic E-state index is 0.170. The molecule has 0 aromatic heterocycles. The monoisotopic (exact) mass is 178 g/mol. The summed E-state index contributed by atoms with van der Waals surface area (Å²) >= 11 is 3.47. The summed E-state index contributed by atoms with van der Waals surface area (Å²) in [6, 6.07) is 0. The number of nitrogens with one attached hydrogen (secondary N) is 1. The zero-order valence-electron chi connectivity index (χ0n) is 4.73. The summed E-state index contributed by atoms with van der Waals surface area (Å²) in [5.41, 5.74) is 5.62. The molecule has 3 heteroatoms. The smallest absolute Gasteiger partial charge is 0.0675 e. The number of hydrogen-bond donors (Lipinski definition) is 2. The van der Waals surface area contributed by atoms with Crippen LogP contribution in [-0.2, 0) is 0 Å². The highest BCUT2D eigenvalue weighted by Gasteiger charge is 2.16. The number of halogens is 1. The first-order valence-electron chi connectivity index (χ1n) is 2.94. The Hall–Kier alpha value is 0.400. The Labute approximate surface area is 58.0 Å². The van der Waals surface area contributed by atoms with Crippen molar-refractivity contribution in [3.63, 3.8) is 0 Å². The molecule has 1 aliphatic rings. The van der Waals surface area contributed by atoms with Gasteiger partial charge >= 0.3 is 0 Å². The van der Waals surface area contributed by atoms with Crippen LogP contribution in [0.5, 0.6) is 0 Å². The number of piperidine rings is 1. The highest BCUT2D eigenvalue weighted by atomic mass is 79.9. The second-order valence-corrected chi connectivity index (χ2v) is 3.31. The predicted octanol–water partition coefficient (Wildman–Crippen LogP) is 0.418. The average Bonchev–Trinajstić information content (AvgIpc) is 1.77. The van der Waals surface area contributed by atoms with Gasteiger partial charge in [0.1, 0.15) is 0 Å². The molecule has 1 rings (SSSR count). The van der Waals surface area contributed by atoms with Crippen LogP contribution in [0.4, 0.5) is 0 Å². The van der Waals surface area contributed by atoms with E-state index in [0.717, 1.165) is 6.54 Å². The molecule has 0 aromatic rings. The van der Waals surface area contributed by atoms with Crippen LogP contribution in [0, 0.1) is 0 Å². The van der Waals surface area contributed by atoms with E-state index in [4.69, 9.17) is 5.73 Å². The fourth-order valence-electron chi connectivity index (χ4n) is 0.873. The molecule has 2 nitrogen and oxygen atoms in total. The summed E-state index contributed by atoms with van der Waals surface area (Å²) in [5, 5.41) is 3.16. The highest BCUT2D eigenvalue weighted by Crippen LogP contribution is 2.12. The molecule has 0 saturated carbocycles. The summed E-state index contributed by atoms with van der Waals surface area (Å²) in [6.45, 7) is 1.07. The third-order valence-corrected chi connectivity index (χ3v) is 2.45. The van der Waals surface area contributed by atoms with Crippen molar-refractivity contribution in [2.75, 3.05) is 6.54 Å². The lowest BCUT2D eigenvalue weighted by Gasteiger charge is -2.24. The normalized spacial score (nSPS) is 39.8. The molecule has 1 heterocycles. The first-order valence-corrected chi connectivity index (χ1v) is 3.85. The van der Waals surface area contributed by atoms with Gasteiger partial charge in [-0.05, 0) is 19.4 Å². The third kappa shape index (κ3) is 1.44. The topological polar surface area (TPSA) is 38.0 Å². The highest BCUT2D eigenvalue weighted by molar-refractivity contribution is 9.09. The van der Waals surface area contributed by atoms with E-state index < -0.39 is 0 Å². The van der Waals surface area contributed by atoms with E-state index in [2.05, 4.69) is 21.2 Å². The molecule has 0 amide bonds. The van der Waals surface area contributed by atoms with Gasteiger partial charge in [0.05, 0.1) is 6.17 Å². The van der Waals surface area contributed by atoms with Crippen molar-refractivity contribution in [2.45, 2.75) is 23.8 Å². The number of rotatable bonds is 0. The molecule has 0 radical (unpaired) electrons. The van der Waals surface area contributed by atoms with Gasteiger partial charge < -0.3 is 11.1 Å². The SMILES string of the molecule is NC1NCCCC1Br. The molecule has 1 aliphatic heterocycles. The van der Waals surface area contributed by atoms with Gasteiger partial charge in [-0.25, -0.2) is 0 Å². The Kier molecular flexibility index (Phi) is 2.28. The maximum absolute atomic E-state index is 5.62. The number of hydrogen-bond acceptors (Lipinski definition) is 2. The fourth-order valence-corrected chi connectivity index (χ4v) is 1.38. The van der Waals surface area contributed by atoms with Crippen LogP contribution in [0.25, 0.3) is 0 Å². The number of alkyl halides is 1. The van der Waals surface area contributed by atoms with Gasteiger partial charge in [0.2, 0.25) is 0 Å². The molecule has 1 saturated heterocycles. The first kappa shape index (κ1) is 6.52. The Bertz CT molecular complexity index is 66.8. The molecular weight excluding hydrogens is 168 g/mol. The largest absolute Gasteiger partial charge is 0.315 e. The quantitative estimate of drug-likeness (QED) is 0.529. The van der Waals surface area contributed by atoms with E-state index in [0.29, 0.717) is 4.83 Å². The molecule has 8 heavy (non-hydrogen) atoms. The molecule has 3 N–H and O–H groups in total. The summed E-state index contributed by atoms with van der Waals surface area (Å²) in [4.78, 5) is 0.483. The van der Waals surface area contributed by atoms with Crippen molar-refractivity contribution in [2.24, 2.45) is 5.73 Å². The van der Waals surface area contributed by atoms with Crippen LogP contribution in [-0.4, -0.2) is 17.5 Å². The van der Waals surface area contributed by atoms with E-state index in [1.807, 2.05) is 0 Å².